The minimum atomic E-state index is -0.462. The van der Waals surface area contributed by atoms with Crippen LogP contribution < -0.4 is 4.74 Å². The van der Waals surface area contributed by atoms with Gasteiger partial charge in [-0.1, -0.05) is 29.4 Å². The second kappa shape index (κ2) is 6.27. The van der Waals surface area contributed by atoms with Gasteiger partial charge in [0, 0.05) is 17.7 Å². The van der Waals surface area contributed by atoms with E-state index < -0.39 is 4.92 Å². The number of nitro benzene ring substituents is 1. The summed E-state index contributed by atoms with van der Waals surface area (Å²) >= 11 is 0. The normalized spacial score (nSPS) is 10.5. The van der Waals surface area contributed by atoms with Crippen LogP contribution in [-0.4, -0.2) is 15.1 Å². The molecule has 0 N–H and O–H groups in total. The third kappa shape index (κ3) is 3.34. The molecule has 0 aliphatic rings. The number of benzene rings is 2. The number of ether oxygens (including phenoxy) is 1. The summed E-state index contributed by atoms with van der Waals surface area (Å²) < 4.78 is 10.7. The average Bonchev–Trinajstić information content (AvgIpc) is 3.02. The highest BCUT2D eigenvalue weighted by Gasteiger charge is 2.11. The van der Waals surface area contributed by atoms with Crippen LogP contribution in [0.5, 0.6) is 5.75 Å². The minimum Gasteiger partial charge on any atom is -0.484 e. The van der Waals surface area contributed by atoms with Crippen LogP contribution >= 0.6 is 0 Å². The van der Waals surface area contributed by atoms with Crippen molar-refractivity contribution in [3.05, 3.63) is 70.1 Å². The van der Waals surface area contributed by atoms with Crippen LogP contribution in [0.4, 0.5) is 5.69 Å². The third-order valence-corrected chi connectivity index (χ3v) is 3.26. The van der Waals surface area contributed by atoms with E-state index in [1.165, 1.54) is 24.3 Å². The van der Waals surface area contributed by atoms with Crippen molar-refractivity contribution in [3.63, 3.8) is 0 Å². The minimum absolute atomic E-state index is 0.0111. The van der Waals surface area contributed by atoms with Crippen LogP contribution in [0.1, 0.15) is 11.5 Å². The van der Waals surface area contributed by atoms with Gasteiger partial charge in [-0.3, -0.25) is 10.1 Å². The second-order valence-electron chi connectivity index (χ2n) is 4.87. The van der Waals surface area contributed by atoms with Crippen molar-refractivity contribution >= 4 is 5.69 Å². The Morgan fingerprint density at radius 3 is 2.61 bits per heavy atom. The molecule has 0 amide bonds. The largest absolute Gasteiger partial charge is 0.484 e. The molecule has 3 rings (SSSR count). The maximum Gasteiger partial charge on any atom is 0.269 e. The molecule has 0 spiro atoms. The van der Waals surface area contributed by atoms with Crippen molar-refractivity contribution in [3.8, 4) is 17.1 Å². The SMILES string of the molecule is Cc1ccccc1-c1noc(COc2ccc([N+](=O)[O-])cc2)n1. The molecule has 0 aliphatic heterocycles. The highest BCUT2D eigenvalue weighted by molar-refractivity contribution is 5.58. The summed E-state index contributed by atoms with van der Waals surface area (Å²) in [4.78, 5) is 14.4. The second-order valence-corrected chi connectivity index (χ2v) is 4.87. The van der Waals surface area contributed by atoms with Gasteiger partial charge in [-0.15, -0.1) is 0 Å². The Balaban J connectivity index is 1.68. The highest BCUT2D eigenvalue weighted by atomic mass is 16.6. The molecule has 0 fully saturated rings. The van der Waals surface area contributed by atoms with Gasteiger partial charge in [-0.25, -0.2) is 0 Å². The monoisotopic (exact) mass is 311 g/mol. The summed E-state index contributed by atoms with van der Waals surface area (Å²) in [5, 5.41) is 14.5. The third-order valence-electron chi connectivity index (χ3n) is 3.26. The molecule has 1 heterocycles. The van der Waals surface area contributed by atoms with Crippen LogP contribution in [0.2, 0.25) is 0 Å². The fourth-order valence-corrected chi connectivity index (χ4v) is 2.06. The lowest BCUT2D eigenvalue weighted by atomic mass is 10.1. The lowest BCUT2D eigenvalue weighted by Crippen LogP contribution is -1.96. The summed E-state index contributed by atoms with van der Waals surface area (Å²) in [6, 6.07) is 13.5. The molecule has 0 saturated carbocycles. The first-order valence-electron chi connectivity index (χ1n) is 6.89. The van der Waals surface area contributed by atoms with Gasteiger partial charge in [0.1, 0.15) is 5.75 Å². The van der Waals surface area contributed by atoms with Crippen molar-refractivity contribution in [1.82, 2.24) is 10.1 Å². The summed E-state index contributed by atoms with van der Waals surface area (Å²) in [5.74, 6) is 1.33. The Morgan fingerprint density at radius 1 is 1.17 bits per heavy atom. The molecule has 7 heteroatoms. The fraction of sp³-hybridized carbons (Fsp3) is 0.125. The summed E-state index contributed by atoms with van der Waals surface area (Å²) in [6.45, 7) is 2.06. The summed E-state index contributed by atoms with van der Waals surface area (Å²) in [7, 11) is 0. The van der Waals surface area contributed by atoms with Gasteiger partial charge in [0.25, 0.3) is 11.6 Å². The molecule has 116 valence electrons. The van der Waals surface area contributed by atoms with Gasteiger partial charge >= 0.3 is 0 Å². The zero-order valence-electron chi connectivity index (χ0n) is 12.3. The highest BCUT2D eigenvalue weighted by Crippen LogP contribution is 2.21. The topological polar surface area (TPSA) is 91.3 Å². The van der Waals surface area contributed by atoms with Gasteiger partial charge in [0.15, 0.2) is 6.61 Å². The quantitative estimate of drug-likeness (QED) is 0.528. The molecule has 0 atom stereocenters. The van der Waals surface area contributed by atoms with E-state index in [-0.39, 0.29) is 12.3 Å². The van der Waals surface area contributed by atoms with Crippen LogP contribution in [0, 0.1) is 17.0 Å². The van der Waals surface area contributed by atoms with Gasteiger partial charge in [0.2, 0.25) is 5.82 Å². The van der Waals surface area contributed by atoms with Gasteiger partial charge in [0.05, 0.1) is 4.92 Å². The maximum absolute atomic E-state index is 10.6. The van der Waals surface area contributed by atoms with Gasteiger partial charge < -0.3 is 9.26 Å². The van der Waals surface area contributed by atoms with Crippen molar-refractivity contribution in [2.75, 3.05) is 0 Å². The van der Waals surface area contributed by atoms with E-state index in [2.05, 4.69) is 10.1 Å². The maximum atomic E-state index is 10.6. The number of hydrogen-bond acceptors (Lipinski definition) is 6. The molecule has 23 heavy (non-hydrogen) atoms. The lowest BCUT2D eigenvalue weighted by Gasteiger charge is -2.02. The number of nitrogens with zero attached hydrogens (tertiary/aromatic N) is 3. The molecular formula is C16H13N3O4. The molecule has 7 nitrogen and oxygen atoms in total. The van der Waals surface area contributed by atoms with E-state index >= 15 is 0 Å². The molecular weight excluding hydrogens is 298 g/mol. The standard InChI is InChI=1S/C16H13N3O4/c1-11-4-2-3-5-14(11)16-17-15(23-18-16)10-22-13-8-6-12(7-9-13)19(20)21/h2-9H,10H2,1H3. The molecule has 1 aromatic heterocycles. The number of non-ortho nitro benzene ring substituents is 1. The predicted molar refractivity (Wildman–Crippen MR) is 81.9 cm³/mol. The summed E-state index contributed by atoms with van der Waals surface area (Å²) in [6.07, 6.45) is 0. The number of nitro groups is 1. The molecule has 0 unspecified atom stereocenters. The van der Waals surface area contributed by atoms with E-state index in [0.717, 1.165) is 11.1 Å². The first-order valence-corrected chi connectivity index (χ1v) is 6.89. The van der Waals surface area contributed by atoms with Crippen LogP contribution in [0.15, 0.2) is 53.1 Å². The summed E-state index contributed by atoms with van der Waals surface area (Å²) in [5.41, 5.74) is 1.96. The number of rotatable bonds is 5. The fourth-order valence-electron chi connectivity index (χ4n) is 2.06. The smallest absolute Gasteiger partial charge is 0.269 e. The Kier molecular flexibility index (Phi) is 4.01. The Labute approximate surface area is 131 Å². The van der Waals surface area contributed by atoms with Crippen molar-refractivity contribution < 1.29 is 14.2 Å². The number of aryl methyl sites for hydroxylation is 1. The molecule has 2 aromatic carbocycles. The molecule has 3 aromatic rings. The van der Waals surface area contributed by atoms with E-state index in [9.17, 15) is 10.1 Å². The molecule has 0 aliphatic carbocycles. The van der Waals surface area contributed by atoms with E-state index in [1.807, 2.05) is 31.2 Å². The molecule has 0 radical (unpaired) electrons. The predicted octanol–water partition coefficient (Wildman–Crippen LogP) is 3.53. The number of aromatic nitrogens is 2. The van der Waals surface area contributed by atoms with Crippen LogP contribution in [-0.2, 0) is 6.61 Å². The Hall–Kier alpha value is -3.22. The van der Waals surface area contributed by atoms with E-state index in [1.54, 1.807) is 0 Å². The van der Waals surface area contributed by atoms with Crippen LogP contribution in [0.25, 0.3) is 11.4 Å². The first-order chi connectivity index (χ1) is 11.1. The zero-order valence-corrected chi connectivity index (χ0v) is 12.3. The first kappa shape index (κ1) is 14.7. The Bertz CT molecular complexity index is 827. The van der Waals surface area contributed by atoms with Crippen molar-refractivity contribution in [2.24, 2.45) is 0 Å². The van der Waals surface area contributed by atoms with E-state index in [4.69, 9.17) is 9.26 Å². The molecule has 0 saturated heterocycles. The van der Waals surface area contributed by atoms with E-state index in [0.29, 0.717) is 17.5 Å². The zero-order chi connectivity index (χ0) is 16.2. The molecule has 0 bridgehead atoms. The van der Waals surface area contributed by atoms with Gasteiger partial charge in [-0.05, 0) is 24.6 Å². The van der Waals surface area contributed by atoms with Gasteiger partial charge in [-0.2, -0.15) is 4.98 Å². The lowest BCUT2D eigenvalue weighted by molar-refractivity contribution is -0.384. The van der Waals surface area contributed by atoms with Crippen molar-refractivity contribution in [1.29, 1.82) is 0 Å². The average molecular weight is 311 g/mol. The van der Waals surface area contributed by atoms with Crippen LogP contribution in [0.3, 0.4) is 0 Å². The number of hydrogen-bond donors (Lipinski definition) is 0. The van der Waals surface area contributed by atoms with Crippen molar-refractivity contribution in [2.45, 2.75) is 13.5 Å². The Morgan fingerprint density at radius 2 is 1.91 bits per heavy atom.